The Morgan fingerprint density at radius 3 is 2.46 bits per heavy atom. The molecule has 132 valence electrons. The molecule has 1 heterocycles. The summed E-state index contributed by atoms with van der Waals surface area (Å²) in [6, 6.07) is 0. The summed E-state index contributed by atoms with van der Waals surface area (Å²) < 4.78 is 11.3. The predicted molar refractivity (Wildman–Crippen MR) is 85.7 cm³/mol. The molecule has 3 aliphatic carbocycles. The van der Waals surface area contributed by atoms with Gasteiger partial charge in [-0.25, -0.2) is 4.79 Å². The van der Waals surface area contributed by atoms with Gasteiger partial charge < -0.3 is 14.6 Å². The fourth-order valence-corrected chi connectivity index (χ4v) is 5.54. The topological polar surface area (TPSA) is 72.8 Å². The molecular formula is C19H26O5. The van der Waals surface area contributed by atoms with Crippen LogP contribution in [0.3, 0.4) is 0 Å². The van der Waals surface area contributed by atoms with Crippen molar-refractivity contribution in [2.45, 2.75) is 45.6 Å². The maximum absolute atomic E-state index is 12.9. The summed E-state index contributed by atoms with van der Waals surface area (Å²) in [6.07, 6.45) is 6.58. The number of aliphatic hydroxyl groups excluding tert-OH is 1. The van der Waals surface area contributed by atoms with Gasteiger partial charge in [0.25, 0.3) is 0 Å². The van der Waals surface area contributed by atoms with Crippen molar-refractivity contribution in [2.24, 2.45) is 34.5 Å². The van der Waals surface area contributed by atoms with Gasteiger partial charge in [0, 0.05) is 17.9 Å². The Labute approximate surface area is 142 Å². The molecule has 4 aliphatic rings. The van der Waals surface area contributed by atoms with Crippen LogP contribution in [0.25, 0.3) is 0 Å². The average Bonchev–Trinajstić information content (AvgIpc) is 3.22. The van der Waals surface area contributed by atoms with Gasteiger partial charge in [-0.3, -0.25) is 4.79 Å². The van der Waals surface area contributed by atoms with Crippen LogP contribution in [-0.2, 0) is 19.1 Å². The van der Waals surface area contributed by atoms with E-state index in [-0.39, 0.29) is 24.4 Å². The molecule has 3 fully saturated rings. The average molecular weight is 334 g/mol. The van der Waals surface area contributed by atoms with Crippen molar-refractivity contribution >= 4 is 11.9 Å². The van der Waals surface area contributed by atoms with Gasteiger partial charge in [0.05, 0.1) is 12.0 Å². The Morgan fingerprint density at radius 1 is 1.25 bits per heavy atom. The summed E-state index contributed by atoms with van der Waals surface area (Å²) in [7, 11) is 0. The third kappa shape index (κ3) is 1.69. The molecule has 1 N–H and O–H groups in total. The molecule has 0 unspecified atom stereocenters. The van der Waals surface area contributed by atoms with E-state index in [1.54, 1.807) is 0 Å². The molecule has 24 heavy (non-hydrogen) atoms. The van der Waals surface area contributed by atoms with Crippen LogP contribution in [0.1, 0.15) is 40.0 Å². The van der Waals surface area contributed by atoms with E-state index >= 15 is 0 Å². The lowest BCUT2D eigenvalue weighted by Gasteiger charge is -2.35. The molecular weight excluding hydrogens is 308 g/mol. The van der Waals surface area contributed by atoms with Crippen molar-refractivity contribution in [3.05, 3.63) is 12.2 Å². The molecule has 4 bridgehead atoms. The highest BCUT2D eigenvalue weighted by molar-refractivity contribution is 5.93. The van der Waals surface area contributed by atoms with Gasteiger partial charge >= 0.3 is 11.9 Å². The van der Waals surface area contributed by atoms with E-state index in [9.17, 15) is 14.7 Å². The second-order valence-corrected chi connectivity index (χ2v) is 8.73. The van der Waals surface area contributed by atoms with Crippen molar-refractivity contribution < 1.29 is 24.2 Å². The Bertz CT molecular complexity index is 623. The lowest BCUT2D eigenvalue weighted by Crippen LogP contribution is -2.49. The molecule has 1 saturated heterocycles. The molecule has 1 aliphatic heterocycles. The number of ether oxygens (including phenoxy) is 2. The maximum Gasteiger partial charge on any atom is 0.351 e. The third-order valence-corrected chi connectivity index (χ3v) is 7.83. The first-order valence-corrected chi connectivity index (χ1v) is 8.97. The molecule has 0 aromatic rings. The quantitative estimate of drug-likeness (QED) is 0.629. The number of carbonyl (C=O) groups excluding carboxylic acids is 2. The number of allylic oxidation sites excluding steroid dienone is 2. The molecule has 0 amide bonds. The lowest BCUT2D eigenvalue weighted by atomic mass is 9.66. The first-order chi connectivity index (χ1) is 11.3. The highest BCUT2D eigenvalue weighted by atomic mass is 16.6. The van der Waals surface area contributed by atoms with Crippen LogP contribution >= 0.6 is 0 Å². The van der Waals surface area contributed by atoms with Gasteiger partial charge in [-0.1, -0.05) is 26.0 Å². The second kappa shape index (κ2) is 4.84. The van der Waals surface area contributed by atoms with Crippen LogP contribution in [-0.4, -0.2) is 35.9 Å². The SMILES string of the molecule is CC1(C)[C@@]2(C)CC[C@]1(C(=O)OC[C@H]1[C@@H](CO)[C@H]3C=C[C@@H]1C3)OC2=O. The van der Waals surface area contributed by atoms with Crippen LogP contribution < -0.4 is 0 Å². The highest BCUT2D eigenvalue weighted by Gasteiger charge is 2.76. The smallest absolute Gasteiger partial charge is 0.351 e. The molecule has 2 saturated carbocycles. The van der Waals surface area contributed by atoms with Crippen LogP contribution in [0.2, 0.25) is 0 Å². The van der Waals surface area contributed by atoms with E-state index in [1.165, 1.54) is 0 Å². The number of carbonyl (C=O) groups is 2. The summed E-state index contributed by atoms with van der Waals surface area (Å²) >= 11 is 0. The molecule has 0 radical (unpaired) electrons. The van der Waals surface area contributed by atoms with Gasteiger partial charge in [-0.2, -0.15) is 0 Å². The Kier molecular flexibility index (Phi) is 3.25. The first-order valence-electron chi connectivity index (χ1n) is 8.97. The summed E-state index contributed by atoms with van der Waals surface area (Å²) in [5, 5.41) is 9.65. The fourth-order valence-electron chi connectivity index (χ4n) is 5.54. The van der Waals surface area contributed by atoms with Crippen molar-refractivity contribution in [1.82, 2.24) is 0 Å². The van der Waals surface area contributed by atoms with E-state index < -0.39 is 22.4 Å². The monoisotopic (exact) mass is 334 g/mol. The Balaban J connectivity index is 1.50. The van der Waals surface area contributed by atoms with Crippen LogP contribution in [0.15, 0.2) is 12.2 Å². The number of hydrogen-bond acceptors (Lipinski definition) is 5. The normalized spacial score (nSPS) is 47.2. The van der Waals surface area contributed by atoms with E-state index in [0.29, 0.717) is 31.3 Å². The Hall–Kier alpha value is -1.36. The van der Waals surface area contributed by atoms with Crippen molar-refractivity contribution in [2.75, 3.05) is 13.2 Å². The van der Waals surface area contributed by atoms with Crippen molar-refractivity contribution in [3.63, 3.8) is 0 Å². The predicted octanol–water partition coefficient (Wildman–Crippen LogP) is 2.08. The maximum atomic E-state index is 12.9. The number of esters is 2. The first kappa shape index (κ1) is 16.1. The largest absolute Gasteiger partial charge is 0.462 e. The van der Waals surface area contributed by atoms with Crippen molar-refractivity contribution in [3.8, 4) is 0 Å². The molecule has 0 aromatic carbocycles. The molecule has 5 heteroatoms. The minimum absolute atomic E-state index is 0.122. The highest BCUT2D eigenvalue weighted by Crippen LogP contribution is 2.65. The van der Waals surface area contributed by atoms with Gasteiger partial charge in [0.2, 0.25) is 5.60 Å². The number of aliphatic hydroxyl groups is 1. The summed E-state index contributed by atoms with van der Waals surface area (Å²) in [6.45, 7) is 6.17. The van der Waals surface area contributed by atoms with E-state index in [2.05, 4.69) is 12.2 Å². The third-order valence-electron chi connectivity index (χ3n) is 7.83. The lowest BCUT2D eigenvalue weighted by molar-refractivity contribution is -0.184. The van der Waals surface area contributed by atoms with Crippen LogP contribution in [0.5, 0.6) is 0 Å². The van der Waals surface area contributed by atoms with E-state index in [1.807, 2.05) is 20.8 Å². The second-order valence-electron chi connectivity index (χ2n) is 8.73. The molecule has 0 aromatic heterocycles. The minimum atomic E-state index is -1.15. The van der Waals surface area contributed by atoms with Crippen LogP contribution in [0.4, 0.5) is 0 Å². The zero-order valence-electron chi connectivity index (χ0n) is 14.6. The van der Waals surface area contributed by atoms with Crippen LogP contribution in [0, 0.1) is 34.5 Å². The van der Waals surface area contributed by atoms with E-state index in [0.717, 1.165) is 6.42 Å². The fraction of sp³-hybridized carbons (Fsp3) is 0.789. The minimum Gasteiger partial charge on any atom is -0.462 e. The standard InChI is InChI=1S/C19H26O5/c1-17(2)18(3)6-7-19(17,24-15(18)21)16(22)23-10-14-12-5-4-11(8-12)13(14)9-20/h4-5,11-14,20H,6-10H2,1-3H3/t11-,12+,13-,14+,18-,19+/m0/s1. The van der Waals surface area contributed by atoms with Crippen molar-refractivity contribution in [1.29, 1.82) is 0 Å². The summed E-state index contributed by atoms with van der Waals surface area (Å²) in [5.74, 6) is 0.414. The molecule has 0 spiro atoms. The van der Waals surface area contributed by atoms with Gasteiger partial charge in [0.15, 0.2) is 0 Å². The van der Waals surface area contributed by atoms with E-state index in [4.69, 9.17) is 9.47 Å². The number of hydrogen-bond donors (Lipinski definition) is 1. The zero-order valence-corrected chi connectivity index (χ0v) is 14.6. The summed E-state index contributed by atoms with van der Waals surface area (Å²) in [5.41, 5.74) is -2.34. The van der Waals surface area contributed by atoms with Gasteiger partial charge in [-0.15, -0.1) is 0 Å². The summed E-state index contributed by atoms with van der Waals surface area (Å²) in [4.78, 5) is 25.2. The molecule has 6 atom stereocenters. The van der Waals surface area contributed by atoms with Gasteiger partial charge in [-0.05, 0) is 43.9 Å². The Morgan fingerprint density at radius 2 is 1.92 bits per heavy atom. The molecule has 5 nitrogen and oxygen atoms in total. The number of rotatable bonds is 4. The molecule has 4 rings (SSSR count). The number of fused-ring (bicyclic) bond motifs is 4. The van der Waals surface area contributed by atoms with Gasteiger partial charge in [0.1, 0.15) is 0 Å². The zero-order chi connectivity index (χ0) is 17.3.